The zero-order valence-electron chi connectivity index (χ0n) is 11.6. The van der Waals surface area contributed by atoms with E-state index in [1.54, 1.807) is 0 Å². The standard InChI is InChI=1S/C14H22N4O/c1-3-5-15-12-4-6-16-13(9-12)10-18-8-7-17-14(19)11(18)2/h4,6,9,11H,3,5,7-8,10H2,1-2H3,(H,15,16)(H,17,19). The van der Waals surface area contributed by atoms with Crippen molar-refractivity contribution < 1.29 is 4.79 Å². The summed E-state index contributed by atoms with van der Waals surface area (Å²) in [6.07, 6.45) is 2.92. The molecule has 0 saturated carbocycles. The van der Waals surface area contributed by atoms with Crippen LogP contribution in [0.4, 0.5) is 5.69 Å². The number of hydrogen-bond donors (Lipinski definition) is 2. The lowest BCUT2D eigenvalue weighted by Crippen LogP contribution is -2.53. The number of carbonyl (C=O) groups is 1. The Kier molecular flexibility index (Phi) is 4.74. The van der Waals surface area contributed by atoms with Crippen LogP contribution in [0.1, 0.15) is 26.0 Å². The normalized spacial score (nSPS) is 20.1. The van der Waals surface area contributed by atoms with Crippen LogP contribution in [-0.2, 0) is 11.3 Å². The van der Waals surface area contributed by atoms with Gasteiger partial charge in [-0.3, -0.25) is 14.7 Å². The van der Waals surface area contributed by atoms with E-state index >= 15 is 0 Å². The quantitative estimate of drug-likeness (QED) is 0.838. The molecule has 1 aromatic heterocycles. The highest BCUT2D eigenvalue weighted by Crippen LogP contribution is 2.13. The van der Waals surface area contributed by atoms with Gasteiger partial charge in [0.25, 0.3) is 0 Å². The minimum Gasteiger partial charge on any atom is -0.385 e. The van der Waals surface area contributed by atoms with Crippen molar-refractivity contribution >= 4 is 11.6 Å². The molecule has 1 aliphatic heterocycles. The molecule has 5 nitrogen and oxygen atoms in total. The number of hydrogen-bond acceptors (Lipinski definition) is 4. The number of rotatable bonds is 5. The second-order valence-corrected chi connectivity index (χ2v) is 4.90. The fraction of sp³-hybridized carbons (Fsp3) is 0.571. The third-order valence-corrected chi connectivity index (χ3v) is 3.39. The molecule has 0 bridgehead atoms. The lowest BCUT2D eigenvalue weighted by Gasteiger charge is -2.32. The summed E-state index contributed by atoms with van der Waals surface area (Å²) >= 11 is 0. The van der Waals surface area contributed by atoms with Crippen LogP contribution in [-0.4, -0.2) is 41.5 Å². The van der Waals surface area contributed by atoms with E-state index in [0.717, 1.165) is 44.0 Å². The molecule has 1 fully saturated rings. The number of aromatic nitrogens is 1. The summed E-state index contributed by atoms with van der Waals surface area (Å²) in [7, 11) is 0. The maximum atomic E-state index is 11.6. The van der Waals surface area contributed by atoms with Gasteiger partial charge in [-0.1, -0.05) is 6.92 Å². The van der Waals surface area contributed by atoms with Gasteiger partial charge >= 0.3 is 0 Å². The Balaban J connectivity index is 2.00. The topological polar surface area (TPSA) is 57.3 Å². The van der Waals surface area contributed by atoms with Gasteiger partial charge in [-0.25, -0.2) is 0 Å². The Hall–Kier alpha value is -1.62. The summed E-state index contributed by atoms with van der Waals surface area (Å²) in [5.41, 5.74) is 2.10. The Morgan fingerprint density at radius 1 is 1.58 bits per heavy atom. The van der Waals surface area contributed by atoms with Crippen LogP contribution in [0.5, 0.6) is 0 Å². The average molecular weight is 262 g/mol. The summed E-state index contributed by atoms with van der Waals surface area (Å²) in [5, 5.41) is 6.23. The molecular formula is C14H22N4O. The Labute approximate surface area is 114 Å². The van der Waals surface area contributed by atoms with Gasteiger partial charge in [0.15, 0.2) is 0 Å². The van der Waals surface area contributed by atoms with Gasteiger partial charge in [0, 0.05) is 38.1 Å². The molecule has 1 unspecified atom stereocenters. The van der Waals surface area contributed by atoms with Crippen molar-refractivity contribution in [3.8, 4) is 0 Å². The summed E-state index contributed by atoms with van der Waals surface area (Å²) in [6, 6.07) is 3.96. The molecule has 1 saturated heterocycles. The Bertz CT molecular complexity index is 435. The number of carbonyl (C=O) groups excluding carboxylic acids is 1. The van der Waals surface area contributed by atoms with Crippen LogP contribution < -0.4 is 10.6 Å². The fourth-order valence-electron chi connectivity index (χ4n) is 2.20. The van der Waals surface area contributed by atoms with Crippen molar-refractivity contribution in [3.63, 3.8) is 0 Å². The first kappa shape index (κ1) is 13.8. The van der Waals surface area contributed by atoms with Gasteiger partial charge in [0.1, 0.15) is 0 Å². The van der Waals surface area contributed by atoms with Gasteiger partial charge in [0.05, 0.1) is 11.7 Å². The van der Waals surface area contributed by atoms with E-state index in [-0.39, 0.29) is 11.9 Å². The van der Waals surface area contributed by atoms with E-state index in [2.05, 4.69) is 33.5 Å². The monoisotopic (exact) mass is 262 g/mol. The molecule has 0 radical (unpaired) electrons. The van der Waals surface area contributed by atoms with Gasteiger partial charge < -0.3 is 10.6 Å². The molecule has 1 atom stereocenters. The second kappa shape index (κ2) is 6.52. The highest BCUT2D eigenvalue weighted by atomic mass is 16.2. The van der Waals surface area contributed by atoms with Gasteiger partial charge in [-0.15, -0.1) is 0 Å². The smallest absolute Gasteiger partial charge is 0.237 e. The highest BCUT2D eigenvalue weighted by molar-refractivity contribution is 5.81. The fourth-order valence-corrected chi connectivity index (χ4v) is 2.20. The molecule has 1 aliphatic rings. The largest absolute Gasteiger partial charge is 0.385 e. The van der Waals surface area contributed by atoms with Crippen LogP contribution in [0, 0.1) is 0 Å². The molecule has 5 heteroatoms. The molecule has 2 rings (SSSR count). The van der Waals surface area contributed by atoms with E-state index in [4.69, 9.17) is 0 Å². The lowest BCUT2D eigenvalue weighted by molar-refractivity contribution is -0.128. The maximum absolute atomic E-state index is 11.6. The van der Waals surface area contributed by atoms with E-state index in [1.807, 2.05) is 19.2 Å². The van der Waals surface area contributed by atoms with Crippen LogP contribution in [0.15, 0.2) is 18.3 Å². The van der Waals surface area contributed by atoms with Crippen LogP contribution in [0.25, 0.3) is 0 Å². The molecule has 2 N–H and O–H groups in total. The first-order valence-electron chi connectivity index (χ1n) is 6.91. The first-order valence-corrected chi connectivity index (χ1v) is 6.91. The molecule has 0 aromatic carbocycles. The van der Waals surface area contributed by atoms with E-state index in [9.17, 15) is 4.79 Å². The van der Waals surface area contributed by atoms with Crippen LogP contribution in [0.2, 0.25) is 0 Å². The van der Waals surface area contributed by atoms with Crippen molar-refractivity contribution in [1.29, 1.82) is 0 Å². The van der Waals surface area contributed by atoms with Crippen molar-refractivity contribution in [2.75, 3.05) is 25.0 Å². The van der Waals surface area contributed by atoms with Crippen molar-refractivity contribution in [2.24, 2.45) is 0 Å². The van der Waals surface area contributed by atoms with Gasteiger partial charge in [-0.2, -0.15) is 0 Å². The number of nitrogens with zero attached hydrogens (tertiary/aromatic N) is 2. The average Bonchev–Trinajstić information content (AvgIpc) is 2.42. The summed E-state index contributed by atoms with van der Waals surface area (Å²) in [4.78, 5) is 18.2. The zero-order valence-corrected chi connectivity index (χ0v) is 11.6. The molecule has 2 heterocycles. The van der Waals surface area contributed by atoms with Crippen molar-refractivity contribution in [1.82, 2.24) is 15.2 Å². The minimum atomic E-state index is -0.0807. The maximum Gasteiger partial charge on any atom is 0.237 e. The number of amides is 1. The van der Waals surface area contributed by atoms with E-state index in [0.29, 0.717) is 0 Å². The molecule has 1 aromatic rings. The van der Waals surface area contributed by atoms with E-state index < -0.39 is 0 Å². The van der Waals surface area contributed by atoms with E-state index in [1.165, 1.54) is 0 Å². The molecule has 0 aliphatic carbocycles. The lowest BCUT2D eigenvalue weighted by atomic mass is 10.2. The molecule has 104 valence electrons. The second-order valence-electron chi connectivity index (χ2n) is 4.90. The third kappa shape index (κ3) is 3.67. The van der Waals surface area contributed by atoms with Gasteiger partial charge in [-0.05, 0) is 25.5 Å². The van der Waals surface area contributed by atoms with Crippen molar-refractivity contribution in [2.45, 2.75) is 32.9 Å². The Morgan fingerprint density at radius 3 is 3.21 bits per heavy atom. The highest BCUT2D eigenvalue weighted by Gasteiger charge is 2.25. The minimum absolute atomic E-state index is 0.0807. The molecule has 19 heavy (non-hydrogen) atoms. The van der Waals surface area contributed by atoms with Crippen LogP contribution >= 0.6 is 0 Å². The summed E-state index contributed by atoms with van der Waals surface area (Å²) in [5.74, 6) is 0.103. The van der Waals surface area contributed by atoms with Crippen molar-refractivity contribution in [3.05, 3.63) is 24.0 Å². The number of pyridine rings is 1. The first-order chi connectivity index (χ1) is 9.20. The zero-order chi connectivity index (χ0) is 13.7. The van der Waals surface area contributed by atoms with Crippen LogP contribution in [0.3, 0.4) is 0 Å². The molecular weight excluding hydrogens is 240 g/mol. The molecule has 1 amide bonds. The summed E-state index contributed by atoms with van der Waals surface area (Å²) < 4.78 is 0. The predicted molar refractivity (Wildman–Crippen MR) is 75.9 cm³/mol. The summed E-state index contributed by atoms with van der Waals surface area (Å²) in [6.45, 7) is 7.36. The third-order valence-electron chi connectivity index (χ3n) is 3.39. The Morgan fingerprint density at radius 2 is 2.42 bits per heavy atom. The number of nitrogens with one attached hydrogen (secondary N) is 2. The predicted octanol–water partition coefficient (Wildman–Crippen LogP) is 1.22. The number of piperazine rings is 1. The van der Waals surface area contributed by atoms with Gasteiger partial charge in [0.2, 0.25) is 5.91 Å². The number of anilines is 1. The SMILES string of the molecule is CCCNc1ccnc(CN2CCNC(=O)C2C)c1. The molecule has 0 spiro atoms.